The van der Waals surface area contributed by atoms with Gasteiger partial charge in [-0.3, -0.25) is 0 Å². The van der Waals surface area contributed by atoms with Crippen LogP contribution < -0.4 is 0 Å². The predicted molar refractivity (Wildman–Crippen MR) is 52.1 cm³/mol. The molecule has 2 rings (SSSR count). The summed E-state index contributed by atoms with van der Waals surface area (Å²) in [7, 11) is 0. The number of benzene rings is 1. The Bertz CT molecular complexity index is 420. The van der Waals surface area contributed by atoms with Gasteiger partial charge in [0.1, 0.15) is 0 Å². The molecule has 65 valence electrons. The van der Waals surface area contributed by atoms with E-state index < -0.39 is 0 Å². The minimum absolute atomic E-state index is 0.604. The smallest absolute Gasteiger partial charge is 0.0663 e. The maximum absolute atomic E-state index is 5.82. The Morgan fingerprint density at radius 1 is 1.46 bits per heavy atom. The van der Waals surface area contributed by atoms with Crippen LogP contribution in [0.3, 0.4) is 0 Å². The quantitative estimate of drug-likeness (QED) is 0.678. The van der Waals surface area contributed by atoms with Crippen molar-refractivity contribution in [2.45, 2.75) is 6.92 Å². The normalized spacial score (nSPS) is 10.3. The highest BCUT2D eigenvalue weighted by Gasteiger charge is 2.00. The summed E-state index contributed by atoms with van der Waals surface area (Å²) in [5, 5.41) is 4.78. The lowest BCUT2D eigenvalue weighted by Gasteiger charge is -2.03. The van der Waals surface area contributed by atoms with Crippen LogP contribution in [0.15, 0.2) is 30.5 Å². The van der Waals surface area contributed by atoms with Crippen LogP contribution in [0.25, 0.3) is 5.69 Å². The third kappa shape index (κ3) is 1.58. The van der Waals surface area contributed by atoms with Crippen molar-refractivity contribution in [1.29, 1.82) is 0 Å². The van der Waals surface area contributed by atoms with E-state index in [0.717, 1.165) is 11.4 Å². The maximum atomic E-state index is 5.82. The zero-order valence-corrected chi connectivity index (χ0v) is 7.92. The standard InChI is InChI=1S/C10H8ClN2/c1-8-5-6-12-13(8)10-4-2-3-9(11)7-10/h2,4-7H,1H3. The molecule has 3 heteroatoms. The van der Waals surface area contributed by atoms with Gasteiger partial charge in [0.15, 0.2) is 0 Å². The molecule has 0 bridgehead atoms. The predicted octanol–water partition coefficient (Wildman–Crippen LogP) is 2.63. The first kappa shape index (κ1) is 8.32. The summed E-state index contributed by atoms with van der Waals surface area (Å²) in [6.45, 7) is 2.00. The molecule has 1 aromatic heterocycles. The maximum Gasteiger partial charge on any atom is 0.0663 e. The third-order valence-electron chi connectivity index (χ3n) is 1.83. The highest BCUT2D eigenvalue weighted by atomic mass is 35.5. The van der Waals surface area contributed by atoms with Crippen molar-refractivity contribution in [3.63, 3.8) is 0 Å². The first-order chi connectivity index (χ1) is 6.27. The monoisotopic (exact) mass is 191 g/mol. The number of hydrogen-bond donors (Lipinski definition) is 0. The fourth-order valence-electron chi connectivity index (χ4n) is 1.20. The second-order valence-electron chi connectivity index (χ2n) is 2.78. The lowest BCUT2D eigenvalue weighted by molar-refractivity contribution is 0.847. The number of aromatic nitrogens is 2. The number of nitrogens with zero attached hydrogens (tertiary/aromatic N) is 2. The van der Waals surface area contributed by atoms with E-state index in [4.69, 9.17) is 11.6 Å². The molecular formula is C10H8ClN2. The van der Waals surface area contributed by atoms with Gasteiger partial charge >= 0.3 is 0 Å². The molecule has 2 nitrogen and oxygen atoms in total. The second-order valence-corrected chi connectivity index (χ2v) is 3.19. The SMILES string of the molecule is Cc1ccnn1-c1cc[c]c(Cl)c1. The van der Waals surface area contributed by atoms with Gasteiger partial charge in [-0.1, -0.05) is 17.7 Å². The van der Waals surface area contributed by atoms with E-state index >= 15 is 0 Å². The van der Waals surface area contributed by atoms with Gasteiger partial charge in [0.25, 0.3) is 0 Å². The van der Waals surface area contributed by atoms with Crippen LogP contribution in [0.5, 0.6) is 0 Å². The molecule has 0 atom stereocenters. The molecule has 0 saturated carbocycles. The van der Waals surface area contributed by atoms with E-state index in [1.807, 2.05) is 29.8 Å². The van der Waals surface area contributed by atoms with Gasteiger partial charge < -0.3 is 0 Å². The number of aryl methyl sites for hydroxylation is 1. The van der Waals surface area contributed by atoms with Crippen molar-refractivity contribution >= 4 is 11.6 Å². The Morgan fingerprint density at radius 2 is 2.31 bits per heavy atom. The molecule has 0 aliphatic heterocycles. The minimum Gasteiger partial charge on any atom is -0.238 e. The Morgan fingerprint density at radius 3 is 2.92 bits per heavy atom. The van der Waals surface area contributed by atoms with E-state index in [9.17, 15) is 0 Å². The summed E-state index contributed by atoms with van der Waals surface area (Å²) >= 11 is 5.82. The van der Waals surface area contributed by atoms with E-state index in [-0.39, 0.29) is 0 Å². The van der Waals surface area contributed by atoms with Crippen LogP contribution in [-0.4, -0.2) is 9.78 Å². The zero-order valence-electron chi connectivity index (χ0n) is 7.16. The van der Waals surface area contributed by atoms with Crippen molar-refractivity contribution in [2.24, 2.45) is 0 Å². The molecule has 0 aliphatic rings. The average Bonchev–Trinajstić information content (AvgIpc) is 2.51. The molecule has 2 aromatic rings. The summed E-state index contributed by atoms with van der Waals surface area (Å²) in [5.74, 6) is 0. The van der Waals surface area contributed by atoms with Crippen LogP contribution in [0.2, 0.25) is 5.02 Å². The molecule has 0 unspecified atom stereocenters. The molecule has 1 aromatic carbocycles. The summed E-state index contributed by atoms with van der Waals surface area (Å²) in [5.41, 5.74) is 2.05. The molecule has 0 amide bonds. The second kappa shape index (κ2) is 3.23. The fraction of sp³-hybridized carbons (Fsp3) is 0.100. The van der Waals surface area contributed by atoms with Gasteiger partial charge in [-0.25, -0.2) is 4.68 Å². The first-order valence-corrected chi connectivity index (χ1v) is 4.33. The molecule has 1 radical (unpaired) electrons. The summed E-state index contributed by atoms with van der Waals surface area (Å²) in [4.78, 5) is 0. The Kier molecular flexibility index (Phi) is 2.07. The molecule has 0 fully saturated rings. The number of halogens is 1. The van der Waals surface area contributed by atoms with E-state index in [1.165, 1.54) is 0 Å². The van der Waals surface area contributed by atoms with Crippen molar-refractivity contribution < 1.29 is 0 Å². The average molecular weight is 192 g/mol. The third-order valence-corrected chi connectivity index (χ3v) is 2.04. The topological polar surface area (TPSA) is 17.8 Å². The summed E-state index contributed by atoms with van der Waals surface area (Å²) < 4.78 is 1.83. The highest BCUT2D eigenvalue weighted by molar-refractivity contribution is 6.30. The lowest BCUT2D eigenvalue weighted by atomic mass is 10.3. The Labute approximate surface area is 81.8 Å². The molecule has 0 aliphatic carbocycles. The van der Waals surface area contributed by atoms with Gasteiger partial charge in [-0.05, 0) is 25.1 Å². The molecule has 13 heavy (non-hydrogen) atoms. The van der Waals surface area contributed by atoms with E-state index in [1.54, 1.807) is 12.3 Å². The van der Waals surface area contributed by atoms with Crippen LogP contribution in [0, 0.1) is 13.0 Å². The van der Waals surface area contributed by atoms with Crippen LogP contribution in [0.4, 0.5) is 0 Å². The minimum atomic E-state index is 0.604. The summed E-state index contributed by atoms with van der Waals surface area (Å²) in [6, 6.07) is 10.4. The van der Waals surface area contributed by atoms with Crippen molar-refractivity contribution in [3.05, 3.63) is 47.2 Å². The van der Waals surface area contributed by atoms with Gasteiger partial charge in [0.2, 0.25) is 0 Å². The van der Waals surface area contributed by atoms with E-state index in [0.29, 0.717) is 5.02 Å². The van der Waals surface area contributed by atoms with Crippen molar-refractivity contribution in [1.82, 2.24) is 9.78 Å². The fourth-order valence-corrected chi connectivity index (χ4v) is 1.37. The van der Waals surface area contributed by atoms with Crippen molar-refractivity contribution in [2.75, 3.05) is 0 Å². The first-order valence-electron chi connectivity index (χ1n) is 3.95. The van der Waals surface area contributed by atoms with Crippen molar-refractivity contribution in [3.8, 4) is 5.69 Å². The largest absolute Gasteiger partial charge is 0.238 e. The number of hydrogen-bond acceptors (Lipinski definition) is 1. The van der Waals surface area contributed by atoms with Crippen LogP contribution in [-0.2, 0) is 0 Å². The van der Waals surface area contributed by atoms with E-state index in [2.05, 4.69) is 11.2 Å². The molecular weight excluding hydrogens is 184 g/mol. The highest BCUT2D eigenvalue weighted by Crippen LogP contribution is 2.14. The number of rotatable bonds is 1. The van der Waals surface area contributed by atoms with Gasteiger partial charge in [0, 0.05) is 18.0 Å². The Hall–Kier alpha value is -1.28. The van der Waals surface area contributed by atoms with Crippen LogP contribution >= 0.6 is 11.6 Å². The van der Waals surface area contributed by atoms with Crippen LogP contribution in [0.1, 0.15) is 5.69 Å². The Balaban J connectivity index is 2.53. The lowest BCUT2D eigenvalue weighted by Crippen LogP contribution is -1.97. The zero-order chi connectivity index (χ0) is 9.26. The molecule has 1 heterocycles. The summed E-state index contributed by atoms with van der Waals surface area (Å²) in [6.07, 6.45) is 1.76. The van der Waals surface area contributed by atoms with Gasteiger partial charge in [0.05, 0.1) is 10.7 Å². The molecule has 0 N–H and O–H groups in total. The van der Waals surface area contributed by atoms with Gasteiger partial charge in [-0.15, -0.1) is 0 Å². The van der Waals surface area contributed by atoms with Gasteiger partial charge in [-0.2, -0.15) is 5.10 Å². The molecule has 0 saturated heterocycles. The molecule has 0 spiro atoms.